The zero-order valence-electron chi connectivity index (χ0n) is 25.3. The molecule has 3 aromatic rings. The summed E-state index contributed by atoms with van der Waals surface area (Å²) in [5, 5.41) is 13.9. The molecular formula is C34H44O6Si. The largest absolute Gasteiger partial charge is 0.465 e. The topological polar surface area (TPSA) is 82.1 Å². The molecule has 41 heavy (non-hydrogen) atoms. The minimum Gasteiger partial charge on any atom is -0.465 e. The predicted octanol–water partition coefficient (Wildman–Crippen LogP) is 5.36. The van der Waals surface area contributed by atoms with Crippen molar-refractivity contribution in [3.05, 3.63) is 96.1 Å². The average molecular weight is 577 g/mol. The number of hydrogen-bond donors (Lipinski definition) is 1. The van der Waals surface area contributed by atoms with Crippen molar-refractivity contribution < 1.29 is 28.6 Å². The predicted molar refractivity (Wildman–Crippen MR) is 165 cm³/mol. The maximum absolute atomic E-state index is 13.5. The highest BCUT2D eigenvalue weighted by molar-refractivity contribution is 6.99. The molecule has 0 aliphatic heterocycles. The molecule has 0 aromatic heterocycles. The Morgan fingerprint density at radius 2 is 1.27 bits per heavy atom. The van der Waals surface area contributed by atoms with Gasteiger partial charge in [-0.3, -0.25) is 4.79 Å². The van der Waals surface area contributed by atoms with Gasteiger partial charge in [0.25, 0.3) is 8.32 Å². The van der Waals surface area contributed by atoms with Gasteiger partial charge in [0, 0.05) is 0 Å². The van der Waals surface area contributed by atoms with Crippen molar-refractivity contribution in [2.24, 2.45) is 5.92 Å². The van der Waals surface area contributed by atoms with Crippen molar-refractivity contribution in [1.29, 1.82) is 0 Å². The number of aliphatic hydroxyl groups is 1. The Morgan fingerprint density at radius 1 is 0.780 bits per heavy atom. The Bertz CT molecular complexity index is 1250. The zero-order valence-corrected chi connectivity index (χ0v) is 26.3. The summed E-state index contributed by atoms with van der Waals surface area (Å²) in [6, 6.07) is 27.9. The second-order valence-electron chi connectivity index (χ2n) is 11.5. The lowest BCUT2D eigenvalue weighted by molar-refractivity contribution is -0.181. The quantitative estimate of drug-likeness (QED) is 0.231. The summed E-state index contributed by atoms with van der Waals surface area (Å²) < 4.78 is 17.9. The summed E-state index contributed by atoms with van der Waals surface area (Å²) >= 11 is 0. The van der Waals surface area contributed by atoms with Crippen LogP contribution in [0, 0.1) is 5.92 Å². The Labute approximate surface area is 245 Å². The second kappa shape index (κ2) is 13.6. The van der Waals surface area contributed by atoms with E-state index in [9.17, 15) is 14.7 Å². The SMILES string of the molecule is CCOC(=O)C(c1ccccc1CO[Si](c1ccccc1)(c1ccccc1)C(C)(C)C)C(O)(C(=O)OCC)C(C)C. The first-order valence-corrected chi connectivity index (χ1v) is 16.2. The standard InChI is InChI=1S/C34H44O6Si/c1-8-38-31(35)30(34(37,25(3)4)32(36)39-9-2)29-23-17-16-18-26(29)24-40-41(33(5,6)7,27-19-12-10-13-20-27)28-21-14-11-15-22-28/h10-23,25,30,37H,8-9,24H2,1-7H3. The highest BCUT2D eigenvalue weighted by Gasteiger charge is 2.54. The molecule has 6 nitrogen and oxygen atoms in total. The monoisotopic (exact) mass is 576 g/mol. The van der Waals surface area contributed by atoms with Crippen molar-refractivity contribution in [3.63, 3.8) is 0 Å². The van der Waals surface area contributed by atoms with Gasteiger partial charge in [0.05, 0.1) is 19.8 Å². The van der Waals surface area contributed by atoms with Gasteiger partial charge < -0.3 is 19.0 Å². The van der Waals surface area contributed by atoms with Crippen LogP contribution in [0.4, 0.5) is 0 Å². The number of carbonyl (C=O) groups is 2. The second-order valence-corrected chi connectivity index (χ2v) is 15.8. The minimum atomic E-state index is -2.90. The highest BCUT2D eigenvalue weighted by Crippen LogP contribution is 2.41. The van der Waals surface area contributed by atoms with Crippen molar-refractivity contribution in [3.8, 4) is 0 Å². The zero-order chi connectivity index (χ0) is 30.3. The fraction of sp³-hybridized carbons (Fsp3) is 0.412. The molecule has 0 bridgehead atoms. The molecule has 1 N–H and O–H groups in total. The van der Waals surface area contributed by atoms with Crippen molar-refractivity contribution in [1.82, 2.24) is 0 Å². The van der Waals surface area contributed by atoms with Crippen molar-refractivity contribution in [2.45, 2.75) is 71.6 Å². The van der Waals surface area contributed by atoms with Crippen LogP contribution in [-0.4, -0.2) is 44.2 Å². The molecule has 0 heterocycles. The molecule has 2 unspecified atom stereocenters. The molecule has 3 rings (SSSR count). The number of benzene rings is 3. The molecule has 2 atom stereocenters. The molecule has 7 heteroatoms. The fourth-order valence-corrected chi connectivity index (χ4v) is 10.1. The van der Waals surface area contributed by atoms with Crippen LogP contribution in [0.15, 0.2) is 84.9 Å². The van der Waals surface area contributed by atoms with Crippen molar-refractivity contribution >= 4 is 30.6 Å². The number of carbonyl (C=O) groups excluding carboxylic acids is 2. The first kappa shape index (κ1) is 32.3. The van der Waals surface area contributed by atoms with E-state index in [-0.39, 0.29) is 24.9 Å². The van der Waals surface area contributed by atoms with Crippen LogP contribution in [0.5, 0.6) is 0 Å². The molecule has 0 spiro atoms. The van der Waals surface area contributed by atoms with E-state index in [4.69, 9.17) is 13.9 Å². The molecule has 0 saturated carbocycles. The van der Waals surface area contributed by atoms with Gasteiger partial charge >= 0.3 is 11.9 Å². The third-order valence-corrected chi connectivity index (χ3v) is 12.7. The van der Waals surface area contributed by atoms with E-state index >= 15 is 0 Å². The molecule has 0 aliphatic carbocycles. The van der Waals surface area contributed by atoms with Crippen LogP contribution >= 0.6 is 0 Å². The van der Waals surface area contributed by atoms with Gasteiger partial charge in [0.1, 0.15) is 5.92 Å². The molecule has 3 aromatic carbocycles. The summed E-state index contributed by atoms with van der Waals surface area (Å²) in [5.74, 6) is -3.48. The van der Waals surface area contributed by atoms with Crippen LogP contribution in [0.3, 0.4) is 0 Å². The van der Waals surface area contributed by atoms with Gasteiger partial charge in [-0.15, -0.1) is 0 Å². The summed E-state index contributed by atoms with van der Waals surface area (Å²) in [4.78, 5) is 26.8. The van der Waals surface area contributed by atoms with Gasteiger partial charge in [-0.2, -0.15) is 0 Å². The maximum atomic E-state index is 13.5. The Hall–Kier alpha value is -3.26. The molecule has 0 fully saturated rings. The number of ether oxygens (including phenoxy) is 2. The normalized spacial score (nSPS) is 14.3. The van der Waals surface area contributed by atoms with Crippen LogP contribution in [0.25, 0.3) is 0 Å². The Morgan fingerprint density at radius 3 is 1.73 bits per heavy atom. The summed E-state index contributed by atoms with van der Waals surface area (Å²) in [6.07, 6.45) is 0. The van der Waals surface area contributed by atoms with E-state index in [1.807, 2.05) is 48.5 Å². The summed E-state index contributed by atoms with van der Waals surface area (Å²) in [5.41, 5.74) is -0.967. The lowest BCUT2D eigenvalue weighted by Crippen LogP contribution is -2.66. The van der Waals surface area contributed by atoms with Gasteiger partial charge in [-0.1, -0.05) is 120 Å². The fourth-order valence-electron chi connectivity index (χ4n) is 5.60. The van der Waals surface area contributed by atoms with Gasteiger partial charge in [-0.05, 0) is 46.3 Å². The van der Waals surface area contributed by atoms with Gasteiger partial charge in [0.2, 0.25) is 0 Å². The van der Waals surface area contributed by atoms with E-state index < -0.39 is 37.7 Å². The molecule has 0 saturated heterocycles. The van der Waals surface area contributed by atoms with E-state index in [1.54, 1.807) is 39.8 Å². The van der Waals surface area contributed by atoms with Gasteiger partial charge in [0.15, 0.2) is 5.60 Å². The molecule has 0 aliphatic rings. The minimum absolute atomic E-state index is 0.0714. The van der Waals surface area contributed by atoms with Crippen LogP contribution < -0.4 is 10.4 Å². The van der Waals surface area contributed by atoms with Crippen LogP contribution in [-0.2, 0) is 30.1 Å². The number of rotatable bonds is 12. The maximum Gasteiger partial charge on any atom is 0.339 e. The highest BCUT2D eigenvalue weighted by atomic mass is 28.4. The van der Waals surface area contributed by atoms with Crippen molar-refractivity contribution in [2.75, 3.05) is 13.2 Å². The summed E-state index contributed by atoms with van der Waals surface area (Å²) in [7, 11) is -2.90. The lowest BCUT2D eigenvalue weighted by Gasteiger charge is -2.43. The number of esters is 2. The molecule has 0 amide bonds. The van der Waals surface area contributed by atoms with E-state index in [0.29, 0.717) is 11.1 Å². The van der Waals surface area contributed by atoms with E-state index in [1.165, 1.54) is 0 Å². The Kier molecular flexibility index (Phi) is 10.7. The van der Waals surface area contributed by atoms with Gasteiger partial charge in [-0.25, -0.2) is 4.79 Å². The molecule has 0 radical (unpaired) electrons. The van der Waals surface area contributed by atoms with Crippen LogP contribution in [0.2, 0.25) is 5.04 Å². The average Bonchev–Trinajstić information content (AvgIpc) is 2.94. The third kappa shape index (κ3) is 6.48. The molecule has 220 valence electrons. The van der Waals surface area contributed by atoms with E-state index in [2.05, 4.69) is 45.0 Å². The number of hydrogen-bond acceptors (Lipinski definition) is 6. The smallest absolute Gasteiger partial charge is 0.339 e. The summed E-state index contributed by atoms with van der Waals surface area (Å²) in [6.45, 7) is 13.7. The Balaban J connectivity index is 2.21. The lowest BCUT2D eigenvalue weighted by atomic mass is 9.73. The van der Waals surface area contributed by atoms with E-state index in [0.717, 1.165) is 10.4 Å². The first-order chi connectivity index (χ1) is 19.4. The molecular weight excluding hydrogens is 532 g/mol. The first-order valence-electron chi connectivity index (χ1n) is 14.3. The van der Waals surface area contributed by atoms with Crippen LogP contribution in [0.1, 0.15) is 65.5 Å². The third-order valence-electron chi connectivity index (χ3n) is 7.67.